The van der Waals surface area contributed by atoms with Crippen molar-refractivity contribution in [3.63, 3.8) is 0 Å². The lowest BCUT2D eigenvalue weighted by Crippen LogP contribution is -2.22. The van der Waals surface area contributed by atoms with Gasteiger partial charge in [-0.3, -0.25) is 0 Å². The molecule has 0 amide bonds. The highest BCUT2D eigenvalue weighted by Gasteiger charge is 2.41. The zero-order chi connectivity index (χ0) is 29.9. The van der Waals surface area contributed by atoms with Crippen molar-refractivity contribution < 1.29 is 18.9 Å². The molecule has 0 saturated heterocycles. The lowest BCUT2D eigenvalue weighted by atomic mass is 9.85. The molecule has 6 heteroatoms. The van der Waals surface area contributed by atoms with E-state index in [1.807, 2.05) is 12.1 Å². The fourth-order valence-electron chi connectivity index (χ4n) is 7.83. The largest absolute Gasteiger partial charge is 0.497 e. The Kier molecular flexibility index (Phi) is 5.28. The van der Waals surface area contributed by atoms with Crippen molar-refractivity contribution in [3.8, 4) is 23.0 Å². The first-order valence-corrected chi connectivity index (χ1v) is 17.3. The molecule has 0 spiro atoms. The molecule has 1 aliphatic rings. The molecule has 0 radical (unpaired) electrons. The van der Waals surface area contributed by atoms with Gasteiger partial charge in [-0.1, -0.05) is 78.5 Å². The molecule has 0 bridgehead atoms. The maximum Gasteiger partial charge on any atom is 0.131 e. The number of fused-ring (bicyclic) bond motifs is 7. The van der Waals surface area contributed by atoms with Gasteiger partial charge in [0.2, 0.25) is 0 Å². The van der Waals surface area contributed by atoms with Gasteiger partial charge in [-0.05, 0) is 60.5 Å². The quantitative estimate of drug-likeness (QED) is 0.112. The molecule has 0 unspecified atom stereocenters. The van der Waals surface area contributed by atoms with Crippen LogP contribution in [0.25, 0.3) is 64.6 Å². The summed E-state index contributed by atoms with van der Waals surface area (Å²) in [6, 6.07) is 29.5. The van der Waals surface area contributed by atoms with E-state index in [9.17, 15) is 0 Å². The van der Waals surface area contributed by atoms with Crippen LogP contribution in [0.4, 0.5) is 0 Å². The highest BCUT2D eigenvalue weighted by Crippen LogP contribution is 2.60. The second-order valence-electron chi connectivity index (χ2n) is 11.4. The Labute approximate surface area is 259 Å². The van der Waals surface area contributed by atoms with Crippen LogP contribution in [-0.4, -0.2) is 28.4 Å². The maximum atomic E-state index is 7.21. The molecule has 44 heavy (non-hydrogen) atoms. The van der Waals surface area contributed by atoms with Gasteiger partial charge in [-0.15, -0.1) is 0 Å². The number of hydrogen-bond donors (Lipinski definition) is 0. The van der Waals surface area contributed by atoms with Crippen molar-refractivity contribution in [2.75, 3.05) is 28.4 Å². The average molecular weight is 611 g/mol. The standard InChI is InChI=1S/C38H27O4PS/c1-39-20-16-27-31(29(18-20)41-3)25-14-8-12-23-24-13-9-15-26-32-28(17-21(40-2)19-30(32)42-4)38-36(34(24)26)35(33(23)25)37(27)43(38,44)22-10-6-5-7-11-22/h5-19H,1-4H3. The average Bonchev–Trinajstić information content (AvgIpc) is 3.37. The summed E-state index contributed by atoms with van der Waals surface area (Å²) in [6.45, 7) is 0. The predicted octanol–water partition coefficient (Wildman–Crippen LogP) is 8.15. The fraction of sp³-hybridized carbons (Fsp3) is 0.105. The van der Waals surface area contributed by atoms with Crippen molar-refractivity contribution >= 4 is 98.4 Å². The highest BCUT2D eigenvalue weighted by atomic mass is 32.4. The second-order valence-corrected chi connectivity index (χ2v) is 15.6. The van der Waals surface area contributed by atoms with Crippen LogP contribution >= 0.6 is 6.04 Å². The summed E-state index contributed by atoms with van der Waals surface area (Å²) in [4.78, 5) is 0. The number of rotatable bonds is 5. The normalized spacial score (nSPS) is 13.7. The molecule has 8 aromatic carbocycles. The van der Waals surface area contributed by atoms with Crippen molar-refractivity contribution in [2.45, 2.75) is 0 Å². The summed E-state index contributed by atoms with van der Waals surface area (Å²) in [7, 11) is 6.87. The van der Waals surface area contributed by atoms with E-state index >= 15 is 0 Å². The van der Waals surface area contributed by atoms with Crippen LogP contribution in [0, 0.1) is 0 Å². The summed E-state index contributed by atoms with van der Waals surface area (Å²) in [6.07, 6.45) is 0. The molecular formula is C38H27O4PS. The third-order valence-corrected chi connectivity index (χ3v) is 14.4. The van der Waals surface area contributed by atoms with Crippen molar-refractivity contribution in [2.24, 2.45) is 0 Å². The van der Waals surface area contributed by atoms with Gasteiger partial charge < -0.3 is 18.9 Å². The second kappa shape index (κ2) is 8.98. The van der Waals surface area contributed by atoms with E-state index in [4.69, 9.17) is 30.8 Å². The molecule has 0 fully saturated rings. The molecular weight excluding hydrogens is 583 g/mol. The van der Waals surface area contributed by atoms with Crippen LogP contribution in [0.5, 0.6) is 23.0 Å². The van der Waals surface area contributed by atoms with Gasteiger partial charge >= 0.3 is 0 Å². The zero-order valence-corrected chi connectivity index (χ0v) is 26.4. The molecule has 9 rings (SSSR count). The molecule has 0 saturated carbocycles. The van der Waals surface area contributed by atoms with Crippen molar-refractivity contribution in [3.05, 3.63) is 91.0 Å². The summed E-state index contributed by atoms with van der Waals surface area (Å²) in [5, 5.41) is 17.5. The molecule has 8 aromatic rings. The zero-order valence-electron chi connectivity index (χ0n) is 24.6. The Morgan fingerprint density at radius 1 is 0.432 bits per heavy atom. The molecule has 0 aliphatic carbocycles. The lowest BCUT2D eigenvalue weighted by Gasteiger charge is -2.25. The monoisotopic (exact) mass is 610 g/mol. The Balaban J connectivity index is 1.71. The summed E-state index contributed by atoms with van der Waals surface area (Å²) >= 11 is 7.21. The minimum atomic E-state index is -2.69. The SMILES string of the molecule is COc1cc(OC)c2c(c1)c1c3c4c(c5cc(OC)cc(OC)c5c5cccc(c6cccc2c63)c54)P1(=S)c1ccccc1. The third kappa shape index (κ3) is 2.97. The van der Waals surface area contributed by atoms with Crippen molar-refractivity contribution in [1.29, 1.82) is 0 Å². The van der Waals surface area contributed by atoms with Crippen LogP contribution in [0.15, 0.2) is 91.0 Å². The summed E-state index contributed by atoms with van der Waals surface area (Å²) in [5.74, 6) is 3.05. The Morgan fingerprint density at radius 3 is 1.32 bits per heavy atom. The minimum absolute atomic E-state index is 0.744. The Bertz CT molecular complexity index is 2420. The van der Waals surface area contributed by atoms with Gasteiger partial charge in [0.05, 0.1) is 28.4 Å². The number of benzene rings is 8. The first-order valence-electron chi connectivity index (χ1n) is 14.5. The van der Waals surface area contributed by atoms with Crippen LogP contribution < -0.4 is 34.9 Å². The molecule has 0 atom stereocenters. The number of hydrogen-bond acceptors (Lipinski definition) is 5. The van der Waals surface area contributed by atoms with Crippen LogP contribution in [0.1, 0.15) is 0 Å². The first-order chi connectivity index (χ1) is 21.5. The topological polar surface area (TPSA) is 36.9 Å². The van der Waals surface area contributed by atoms with E-state index in [-0.39, 0.29) is 0 Å². The lowest BCUT2D eigenvalue weighted by molar-refractivity contribution is 0.398. The Morgan fingerprint density at radius 2 is 0.886 bits per heavy atom. The Hall–Kier alpha value is -4.57. The summed E-state index contributed by atoms with van der Waals surface area (Å²) in [5.41, 5.74) is 0. The van der Waals surface area contributed by atoms with Gasteiger partial charge in [0, 0.05) is 50.3 Å². The van der Waals surface area contributed by atoms with E-state index < -0.39 is 6.04 Å². The van der Waals surface area contributed by atoms with Gasteiger partial charge in [-0.2, -0.15) is 0 Å². The first kappa shape index (κ1) is 25.9. The van der Waals surface area contributed by atoms with E-state index in [0.29, 0.717) is 0 Å². The van der Waals surface area contributed by atoms with Crippen molar-refractivity contribution in [1.82, 2.24) is 0 Å². The fourth-order valence-corrected chi connectivity index (χ4v) is 12.8. The molecule has 0 aromatic heterocycles. The van der Waals surface area contributed by atoms with Gasteiger partial charge in [-0.25, -0.2) is 0 Å². The molecule has 1 aliphatic heterocycles. The van der Waals surface area contributed by atoms with Crippen LogP contribution in [0.2, 0.25) is 0 Å². The van der Waals surface area contributed by atoms with E-state index in [1.165, 1.54) is 42.9 Å². The molecule has 0 N–H and O–H groups in total. The third-order valence-electron chi connectivity index (χ3n) is 9.50. The molecule has 1 heterocycles. The maximum absolute atomic E-state index is 7.21. The number of ether oxygens (including phenoxy) is 4. The van der Waals surface area contributed by atoms with Crippen LogP contribution in [-0.2, 0) is 11.8 Å². The van der Waals surface area contributed by atoms with Gasteiger partial charge in [0.1, 0.15) is 23.0 Å². The predicted molar refractivity (Wildman–Crippen MR) is 189 cm³/mol. The number of methoxy groups -OCH3 is 4. The molecule has 214 valence electrons. The van der Waals surface area contributed by atoms with Crippen LogP contribution in [0.3, 0.4) is 0 Å². The van der Waals surface area contributed by atoms with Gasteiger partial charge in [0.15, 0.2) is 0 Å². The summed E-state index contributed by atoms with van der Waals surface area (Å²) < 4.78 is 23.9. The molecule has 4 nitrogen and oxygen atoms in total. The minimum Gasteiger partial charge on any atom is -0.497 e. The smallest absolute Gasteiger partial charge is 0.131 e. The van der Waals surface area contributed by atoms with E-state index in [0.717, 1.165) is 60.6 Å². The van der Waals surface area contributed by atoms with E-state index in [2.05, 4.69) is 78.9 Å². The highest BCUT2D eigenvalue weighted by molar-refractivity contribution is 8.26. The van der Waals surface area contributed by atoms with E-state index in [1.54, 1.807) is 28.4 Å². The van der Waals surface area contributed by atoms with Gasteiger partial charge in [0.25, 0.3) is 0 Å².